The molecule has 0 radical (unpaired) electrons. The van der Waals surface area contributed by atoms with Crippen molar-refractivity contribution < 1.29 is 4.84 Å². The number of oxime groups is 1. The number of hydrogen-bond acceptors (Lipinski definition) is 4. The van der Waals surface area contributed by atoms with Gasteiger partial charge in [-0.3, -0.25) is 0 Å². The summed E-state index contributed by atoms with van der Waals surface area (Å²) in [7, 11) is 0. The SMILES string of the molecule is CCCCON=Cc1cnnc2ccccc12. The van der Waals surface area contributed by atoms with Crippen molar-refractivity contribution in [1.82, 2.24) is 10.2 Å². The normalized spacial score (nSPS) is 11.1. The van der Waals surface area contributed by atoms with Gasteiger partial charge in [0.25, 0.3) is 0 Å². The lowest BCUT2D eigenvalue weighted by Gasteiger charge is -1.99. The molecule has 0 N–H and O–H groups in total. The summed E-state index contributed by atoms with van der Waals surface area (Å²) in [4.78, 5) is 5.15. The average Bonchev–Trinajstić information content (AvgIpc) is 2.39. The molecule has 0 unspecified atom stereocenters. The van der Waals surface area contributed by atoms with Gasteiger partial charge >= 0.3 is 0 Å². The zero-order valence-corrected chi connectivity index (χ0v) is 9.84. The van der Waals surface area contributed by atoms with Gasteiger partial charge in [0.2, 0.25) is 0 Å². The van der Waals surface area contributed by atoms with Crippen LogP contribution in [0.1, 0.15) is 25.3 Å². The van der Waals surface area contributed by atoms with Gasteiger partial charge in [0.05, 0.1) is 17.9 Å². The van der Waals surface area contributed by atoms with E-state index < -0.39 is 0 Å². The highest BCUT2D eigenvalue weighted by Gasteiger charge is 1.99. The van der Waals surface area contributed by atoms with E-state index in [1.165, 1.54) is 0 Å². The topological polar surface area (TPSA) is 47.4 Å². The first kappa shape index (κ1) is 11.5. The molecule has 0 bridgehead atoms. The maximum atomic E-state index is 5.15. The highest BCUT2D eigenvalue weighted by atomic mass is 16.6. The molecule has 0 spiro atoms. The fourth-order valence-electron chi connectivity index (χ4n) is 1.49. The highest BCUT2D eigenvalue weighted by Crippen LogP contribution is 2.12. The van der Waals surface area contributed by atoms with E-state index >= 15 is 0 Å². The predicted molar refractivity (Wildman–Crippen MR) is 68.0 cm³/mol. The van der Waals surface area contributed by atoms with Crippen LogP contribution >= 0.6 is 0 Å². The van der Waals surface area contributed by atoms with Crippen LogP contribution in [0, 0.1) is 0 Å². The largest absolute Gasteiger partial charge is 0.396 e. The maximum absolute atomic E-state index is 5.15. The summed E-state index contributed by atoms with van der Waals surface area (Å²) in [6.07, 6.45) is 5.50. The third kappa shape index (κ3) is 3.00. The lowest BCUT2D eigenvalue weighted by Crippen LogP contribution is -1.92. The highest BCUT2D eigenvalue weighted by molar-refractivity contribution is 5.97. The van der Waals surface area contributed by atoms with Crippen LogP contribution in [0.5, 0.6) is 0 Å². The number of unbranched alkanes of at least 4 members (excludes halogenated alkanes) is 1. The molecule has 0 fully saturated rings. The van der Waals surface area contributed by atoms with Gasteiger partial charge in [-0.25, -0.2) is 0 Å². The van der Waals surface area contributed by atoms with Crippen molar-refractivity contribution in [3.63, 3.8) is 0 Å². The fraction of sp³-hybridized carbons (Fsp3) is 0.308. The minimum Gasteiger partial charge on any atom is -0.396 e. The van der Waals surface area contributed by atoms with Gasteiger partial charge in [0, 0.05) is 10.9 Å². The van der Waals surface area contributed by atoms with Gasteiger partial charge in [-0.1, -0.05) is 36.7 Å². The van der Waals surface area contributed by atoms with Crippen molar-refractivity contribution in [3.05, 3.63) is 36.0 Å². The number of aromatic nitrogens is 2. The van der Waals surface area contributed by atoms with Crippen molar-refractivity contribution in [2.24, 2.45) is 5.16 Å². The Morgan fingerprint density at radius 1 is 1.35 bits per heavy atom. The van der Waals surface area contributed by atoms with Gasteiger partial charge in [-0.05, 0) is 12.5 Å². The summed E-state index contributed by atoms with van der Waals surface area (Å²) in [5.41, 5.74) is 1.79. The zero-order valence-electron chi connectivity index (χ0n) is 9.84. The third-order valence-electron chi connectivity index (χ3n) is 2.43. The minimum absolute atomic E-state index is 0.656. The van der Waals surface area contributed by atoms with E-state index in [2.05, 4.69) is 22.3 Å². The first-order chi connectivity index (χ1) is 8.42. The summed E-state index contributed by atoms with van der Waals surface area (Å²) in [5.74, 6) is 0. The molecule has 0 amide bonds. The van der Waals surface area contributed by atoms with Gasteiger partial charge in [0.1, 0.15) is 6.61 Å². The molecule has 0 aliphatic rings. The molecule has 0 atom stereocenters. The first-order valence-corrected chi connectivity index (χ1v) is 5.77. The number of nitrogens with zero attached hydrogens (tertiary/aromatic N) is 3. The second kappa shape index (κ2) is 5.94. The minimum atomic E-state index is 0.656. The summed E-state index contributed by atoms with van der Waals surface area (Å²) >= 11 is 0. The van der Waals surface area contributed by atoms with Gasteiger partial charge in [-0.2, -0.15) is 10.2 Å². The van der Waals surface area contributed by atoms with Crippen LogP contribution in [0.4, 0.5) is 0 Å². The average molecular weight is 229 g/mol. The summed E-state index contributed by atoms with van der Waals surface area (Å²) in [6, 6.07) is 7.84. The van der Waals surface area contributed by atoms with Crippen molar-refractivity contribution in [2.75, 3.05) is 6.61 Å². The van der Waals surface area contributed by atoms with E-state index in [1.54, 1.807) is 12.4 Å². The molecule has 2 rings (SSSR count). The van der Waals surface area contributed by atoms with Crippen molar-refractivity contribution >= 4 is 17.1 Å². The Morgan fingerprint density at radius 3 is 3.12 bits per heavy atom. The molecule has 0 saturated carbocycles. The molecule has 17 heavy (non-hydrogen) atoms. The second-order valence-corrected chi connectivity index (χ2v) is 3.74. The molecular weight excluding hydrogens is 214 g/mol. The van der Waals surface area contributed by atoms with Gasteiger partial charge < -0.3 is 4.84 Å². The van der Waals surface area contributed by atoms with Gasteiger partial charge in [0.15, 0.2) is 0 Å². The Labute approximate surface area is 100 Å². The third-order valence-corrected chi connectivity index (χ3v) is 2.43. The second-order valence-electron chi connectivity index (χ2n) is 3.74. The Morgan fingerprint density at radius 2 is 2.24 bits per heavy atom. The molecule has 4 nitrogen and oxygen atoms in total. The Hall–Kier alpha value is -1.97. The summed E-state index contributed by atoms with van der Waals surface area (Å²) in [5, 5.41) is 12.9. The van der Waals surface area contributed by atoms with Crippen molar-refractivity contribution in [2.45, 2.75) is 19.8 Å². The zero-order chi connectivity index (χ0) is 11.9. The number of hydrogen-bond donors (Lipinski definition) is 0. The number of benzene rings is 1. The van der Waals surface area contributed by atoms with Crippen LogP contribution in [-0.4, -0.2) is 23.0 Å². The van der Waals surface area contributed by atoms with Crippen LogP contribution in [0.2, 0.25) is 0 Å². The van der Waals surface area contributed by atoms with Crippen LogP contribution in [0.3, 0.4) is 0 Å². The number of rotatable bonds is 5. The predicted octanol–water partition coefficient (Wildman–Crippen LogP) is 2.78. The fourth-order valence-corrected chi connectivity index (χ4v) is 1.49. The van der Waals surface area contributed by atoms with Crippen LogP contribution in [-0.2, 0) is 4.84 Å². The lowest BCUT2D eigenvalue weighted by atomic mass is 10.1. The van der Waals surface area contributed by atoms with E-state index in [0.29, 0.717) is 6.61 Å². The van der Waals surface area contributed by atoms with E-state index in [0.717, 1.165) is 29.3 Å². The van der Waals surface area contributed by atoms with Crippen LogP contribution in [0.25, 0.3) is 10.9 Å². The monoisotopic (exact) mass is 229 g/mol. The molecule has 88 valence electrons. The van der Waals surface area contributed by atoms with E-state index in [1.807, 2.05) is 24.3 Å². The molecule has 2 aromatic rings. The standard InChI is InChI=1S/C13H15N3O/c1-2-3-8-17-15-10-11-9-14-16-13-7-5-4-6-12(11)13/h4-7,9-10H,2-3,8H2,1H3. The summed E-state index contributed by atoms with van der Waals surface area (Å²) in [6.45, 7) is 2.77. The van der Waals surface area contributed by atoms with Crippen LogP contribution < -0.4 is 0 Å². The Kier molecular flexibility index (Phi) is 4.02. The molecule has 1 heterocycles. The molecule has 0 saturated heterocycles. The lowest BCUT2D eigenvalue weighted by molar-refractivity contribution is 0.143. The van der Waals surface area contributed by atoms with Crippen molar-refractivity contribution in [3.8, 4) is 0 Å². The molecule has 0 aliphatic heterocycles. The van der Waals surface area contributed by atoms with Crippen molar-refractivity contribution in [1.29, 1.82) is 0 Å². The quantitative estimate of drug-likeness (QED) is 0.450. The van der Waals surface area contributed by atoms with Crippen LogP contribution in [0.15, 0.2) is 35.6 Å². The van der Waals surface area contributed by atoms with E-state index in [9.17, 15) is 0 Å². The molecule has 4 heteroatoms. The molecule has 1 aromatic carbocycles. The van der Waals surface area contributed by atoms with Gasteiger partial charge in [-0.15, -0.1) is 0 Å². The summed E-state index contributed by atoms with van der Waals surface area (Å²) < 4.78 is 0. The Bertz CT molecular complexity index is 505. The first-order valence-electron chi connectivity index (χ1n) is 5.77. The smallest absolute Gasteiger partial charge is 0.117 e. The Balaban J connectivity index is 2.13. The molecule has 0 aliphatic carbocycles. The van der Waals surface area contributed by atoms with E-state index in [-0.39, 0.29) is 0 Å². The number of fused-ring (bicyclic) bond motifs is 1. The van der Waals surface area contributed by atoms with E-state index in [4.69, 9.17) is 4.84 Å². The molecular formula is C13H15N3O. The maximum Gasteiger partial charge on any atom is 0.117 e. The molecule has 1 aromatic heterocycles.